The van der Waals surface area contributed by atoms with Crippen LogP contribution in [0.25, 0.3) is 0 Å². The van der Waals surface area contributed by atoms with Gasteiger partial charge in [-0.05, 0) is 110 Å². The molecule has 1 aliphatic carbocycles. The molecule has 0 aliphatic heterocycles. The summed E-state index contributed by atoms with van der Waals surface area (Å²) in [4.78, 5) is 85.5. The normalized spacial score (nSPS) is 12.9. The van der Waals surface area contributed by atoms with Crippen LogP contribution in [0.3, 0.4) is 0 Å². The lowest BCUT2D eigenvalue weighted by atomic mass is 9.86. The van der Waals surface area contributed by atoms with Crippen molar-refractivity contribution < 1.29 is 85.6 Å². The van der Waals surface area contributed by atoms with E-state index in [4.69, 9.17) is 66.5 Å². The molecule has 0 bridgehead atoms. The van der Waals surface area contributed by atoms with Gasteiger partial charge in [0.1, 0.15) is 17.1 Å². The molecule has 0 radical (unpaired) electrons. The van der Waals surface area contributed by atoms with Crippen molar-refractivity contribution in [2.24, 2.45) is 0 Å². The Morgan fingerprint density at radius 2 is 1.15 bits per heavy atom. The van der Waals surface area contributed by atoms with Gasteiger partial charge in [-0.3, -0.25) is 0 Å². The van der Waals surface area contributed by atoms with Gasteiger partial charge in [-0.15, -0.1) is 0 Å². The minimum Gasteiger partial charge on any atom is -0.547 e. The van der Waals surface area contributed by atoms with Crippen LogP contribution in [0.4, 0.5) is 0 Å². The lowest BCUT2D eigenvalue weighted by molar-refractivity contribution is -0.193. The van der Waals surface area contributed by atoms with E-state index < -0.39 is 28.6 Å². The van der Waals surface area contributed by atoms with Crippen LogP contribution in [0.1, 0.15) is 45.2 Å². The first-order valence-corrected chi connectivity index (χ1v) is 24.1. The Bertz CT molecular complexity index is 1730. The van der Waals surface area contributed by atoms with E-state index in [1.807, 2.05) is 32.6 Å². The van der Waals surface area contributed by atoms with Crippen molar-refractivity contribution in [1.82, 2.24) is 0 Å². The van der Waals surface area contributed by atoms with E-state index in [0.717, 1.165) is 34.8 Å². The number of carbonyl (C=O) groups is 2. The summed E-state index contributed by atoms with van der Waals surface area (Å²) in [7, 11) is 4.32. The Hall–Kier alpha value is -6.41. The van der Waals surface area contributed by atoms with Crippen LogP contribution in [-0.4, -0.2) is 99.4 Å². The summed E-state index contributed by atoms with van der Waals surface area (Å²) in [5.41, 5.74) is 4.49. The fourth-order valence-corrected chi connectivity index (χ4v) is 5.65. The molecule has 1 N–H and O–H groups in total. The number of methoxy groups -OCH3 is 5. The van der Waals surface area contributed by atoms with Crippen molar-refractivity contribution in [3.05, 3.63) is 70.4 Å². The summed E-state index contributed by atoms with van der Waals surface area (Å²) in [5.74, 6) is 5.85. The van der Waals surface area contributed by atoms with Crippen LogP contribution in [-0.2, 0) is 75.7 Å². The van der Waals surface area contributed by atoms with Gasteiger partial charge in [0.2, 0.25) is 16.6 Å². The number of phenolic OH excluding ortho intramolecular Hbond substituents is 1. The van der Waals surface area contributed by atoms with E-state index in [0.29, 0.717) is 5.76 Å². The van der Waals surface area contributed by atoms with E-state index in [-0.39, 0.29) is 36.0 Å². The number of hydrogen-bond donors (Lipinski definition) is 1. The van der Waals surface area contributed by atoms with E-state index in [1.165, 1.54) is 25.4 Å². The van der Waals surface area contributed by atoms with Crippen molar-refractivity contribution in [2.45, 2.75) is 92.8 Å². The lowest BCUT2D eigenvalue weighted by Crippen LogP contribution is -2.33. The first-order chi connectivity index (χ1) is 28.0. The average molecular weight is 897 g/mol. The number of benzene rings is 1. The molecule has 340 valence electrons. The van der Waals surface area contributed by atoms with E-state index in [2.05, 4.69) is 82.2 Å². The first-order valence-electron chi connectivity index (χ1n) is 17.3. The van der Waals surface area contributed by atoms with Gasteiger partial charge in [0.05, 0.1) is 45.7 Å². The molecule has 18 nitrogen and oxygen atoms in total. The van der Waals surface area contributed by atoms with Crippen molar-refractivity contribution in [3.63, 3.8) is 0 Å². The molecule has 0 saturated heterocycles. The van der Waals surface area contributed by atoms with Crippen molar-refractivity contribution in [1.29, 1.82) is 0 Å². The van der Waals surface area contributed by atoms with Gasteiger partial charge in [-0.1, -0.05) is 12.2 Å². The van der Waals surface area contributed by atoms with E-state index in [1.54, 1.807) is 39.5 Å². The van der Waals surface area contributed by atoms with Gasteiger partial charge in [-0.25, -0.2) is 9.59 Å². The standard InChI is InChI=1S/C13H24O2Si.C9H18O2Si.C9H12O2.C6H6O4.4CO2/c1-10-8-12(15-16(5,6)7)9-13(3,14-4)11(10)2;1-8(10-3)7-9(2)11-12(4,5)6;1-6-4-8(10)5-9(11-3)7(6)2;1-9-5(7)3-4-6(8)10-2;4*2-1-3/h9H,8H2,1-7H3;7H,2H2,1,3-6H3;4-5,10H,1-3H3;1-2H3;;;;/b;8-7+;;;;;;. The van der Waals surface area contributed by atoms with Gasteiger partial charge >= 0.3 is 36.5 Å². The number of rotatable bonds is 8. The molecule has 1 aromatic carbocycles. The van der Waals surface area contributed by atoms with Crippen LogP contribution in [0.2, 0.25) is 39.3 Å². The predicted octanol–water partition coefficient (Wildman–Crippen LogP) is 5.79. The zero-order valence-corrected chi connectivity index (χ0v) is 40.1. The SMILES string of the molecule is C=C(/C=C(\C)OC)O[Si](C)(C)C.COC(=O)C#CC(=O)OC.COC1(C)C=C(O[Si](C)(C)C)CC(C)=C1C.COc1cc(O)cc(C)c1C.O=C=O.O=C=O.O=C=O.O=C=O. The number of esters is 2. The van der Waals surface area contributed by atoms with Crippen LogP contribution in [0.15, 0.2) is 59.3 Å². The zero-order valence-electron chi connectivity index (χ0n) is 38.1. The average Bonchev–Trinajstić information content (AvgIpc) is 3.14. The topological polar surface area (TPSA) is 256 Å². The Balaban J connectivity index is -0.000000153. The molecule has 1 unspecified atom stereocenters. The Kier molecular flexibility index (Phi) is 41.2. The largest absolute Gasteiger partial charge is 0.547 e. The third-order valence-electron chi connectivity index (χ3n) is 6.71. The third-order valence-corrected chi connectivity index (χ3v) is 8.46. The maximum Gasteiger partial charge on any atom is 0.384 e. The molecule has 61 heavy (non-hydrogen) atoms. The summed E-state index contributed by atoms with van der Waals surface area (Å²) in [6.45, 7) is 28.9. The van der Waals surface area contributed by atoms with Gasteiger partial charge < -0.3 is 37.6 Å². The van der Waals surface area contributed by atoms with Gasteiger partial charge in [-0.2, -0.15) is 38.4 Å². The highest BCUT2D eigenvalue weighted by atomic mass is 28.4. The van der Waals surface area contributed by atoms with Crippen LogP contribution in [0, 0.1) is 25.7 Å². The smallest absolute Gasteiger partial charge is 0.384 e. The minimum atomic E-state index is -1.52. The summed E-state index contributed by atoms with van der Waals surface area (Å²) in [6.07, 6.45) is 5.86. The van der Waals surface area contributed by atoms with Gasteiger partial charge in [0.25, 0.3) is 0 Å². The molecule has 0 heterocycles. The summed E-state index contributed by atoms with van der Waals surface area (Å²) >= 11 is 0. The van der Waals surface area contributed by atoms with Crippen molar-refractivity contribution in [2.75, 3.05) is 35.5 Å². The molecule has 0 spiro atoms. The van der Waals surface area contributed by atoms with Gasteiger partial charge in [0, 0.05) is 37.5 Å². The highest BCUT2D eigenvalue weighted by Crippen LogP contribution is 2.35. The highest BCUT2D eigenvalue weighted by molar-refractivity contribution is 6.70. The Morgan fingerprint density at radius 1 is 0.738 bits per heavy atom. The molecule has 20 heteroatoms. The Morgan fingerprint density at radius 3 is 1.46 bits per heavy atom. The summed E-state index contributed by atoms with van der Waals surface area (Å²) in [5, 5.41) is 9.17. The minimum absolute atomic E-state index is 0.250. The van der Waals surface area contributed by atoms with Gasteiger partial charge in [0.15, 0.2) is 0 Å². The molecule has 0 amide bonds. The van der Waals surface area contributed by atoms with Crippen LogP contribution in [0.5, 0.6) is 11.5 Å². The third kappa shape index (κ3) is 41.6. The molecular weight excluding hydrogens is 837 g/mol. The molecule has 1 atom stereocenters. The molecule has 1 aromatic rings. The summed E-state index contributed by atoms with van der Waals surface area (Å²) in [6, 6.07) is 3.33. The number of allylic oxidation sites excluding steroid dienone is 3. The molecule has 0 fully saturated rings. The molecule has 1 aliphatic rings. The second-order valence-corrected chi connectivity index (χ2v) is 22.4. The Labute approximate surface area is 360 Å². The maximum atomic E-state index is 10.2. The van der Waals surface area contributed by atoms with Crippen molar-refractivity contribution in [3.8, 4) is 23.3 Å². The molecule has 0 saturated carbocycles. The number of hydrogen-bond acceptors (Lipinski definition) is 18. The quantitative estimate of drug-likeness (QED) is 0.0616. The molecular formula is C41H60O18Si2. The number of carbonyl (C=O) groups excluding carboxylic acids is 10. The number of aryl methyl sites for hydroxylation is 1. The predicted molar refractivity (Wildman–Crippen MR) is 221 cm³/mol. The van der Waals surface area contributed by atoms with E-state index >= 15 is 0 Å². The van der Waals surface area contributed by atoms with E-state index in [9.17, 15) is 9.59 Å². The molecule has 2 rings (SSSR count). The maximum absolute atomic E-state index is 10.2. The zero-order chi connectivity index (χ0) is 49.6. The fraction of sp³-hybridized carbons (Fsp3) is 0.463. The van der Waals surface area contributed by atoms with Crippen LogP contribution < -0.4 is 4.74 Å². The monoisotopic (exact) mass is 896 g/mol. The highest BCUT2D eigenvalue weighted by Gasteiger charge is 2.31. The number of aromatic hydroxyl groups is 1. The second kappa shape index (κ2) is 37.8. The second-order valence-electron chi connectivity index (χ2n) is 13.5. The summed E-state index contributed by atoms with van der Waals surface area (Å²) < 4.78 is 35.6. The number of phenols is 1. The lowest BCUT2D eigenvalue weighted by Gasteiger charge is -2.34. The molecule has 0 aromatic heterocycles. The van der Waals surface area contributed by atoms with Crippen molar-refractivity contribution >= 4 is 53.2 Å². The van der Waals surface area contributed by atoms with Crippen LogP contribution >= 0.6 is 0 Å². The fourth-order valence-electron chi connectivity index (χ4n) is 3.89. The first kappa shape index (κ1) is 66.4. The number of ether oxygens (including phenoxy) is 5.